The molecule has 0 radical (unpaired) electrons. The van der Waals surface area contributed by atoms with Gasteiger partial charge in [0.15, 0.2) is 0 Å². The van der Waals surface area contributed by atoms with Gasteiger partial charge >= 0.3 is 0 Å². The quantitative estimate of drug-likeness (QED) is 0.743. The second-order valence-electron chi connectivity index (χ2n) is 7.25. The Balaban J connectivity index is 2.48. The summed E-state index contributed by atoms with van der Waals surface area (Å²) >= 11 is 6.42. The number of hydrogen-bond acceptors (Lipinski definition) is 1. The fourth-order valence-corrected chi connectivity index (χ4v) is 5.24. The molecule has 1 aromatic carbocycles. The Labute approximate surface area is 134 Å². The molecule has 0 saturated carbocycles. The van der Waals surface area contributed by atoms with Gasteiger partial charge in [0.25, 0.3) is 5.91 Å². The maximum absolute atomic E-state index is 13.2. The van der Waals surface area contributed by atoms with Crippen molar-refractivity contribution in [2.45, 2.75) is 64.8 Å². The first-order valence-electron chi connectivity index (χ1n) is 7.85. The van der Waals surface area contributed by atoms with E-state index in [1.807, 2.05) is 17.0 Å². The van der Waals surface area contributed by atoms with Crippen molar-refractivity contribution in [3.05, 3.63) is 28.8 Å². The maximum Gasteiger partial charge on any atom is 0.255 e. The first kappa shape index (κ1) is 16.6. The van der Waals surface area contributed by atoms with Crippen LogP contribution in [0.2, 0.25) is 24.7 Å². The molecule has 2 nitrogen and oxygen atoms in total. The number of nitrogens with zero attached hydrogens (tertiary/aromatic N) is 1. The van der Waals surface area contributed by atoms with E-state index in [1.54, 1.807) is 0 Å². The largest absolute Gasteiger partial charge is 0.333 e. The van der Waals surface area contributed by atoms with E-state index in [-0.39, 0.29) is 5.91 Å². The van der Waals surface area contributed by atoms with Crippen molar-refractivity contribution < 1.29 is 4.79 Å². The Morgan fingerprint density at radius 3 is 2.29 bits per heavy atom. The van der Waals surface area contributed by atoms with Crippen molar-refractivity contribution in [2.24, 2.45) is 0 Å². The molecule has 1 heterocycles. The fraction of sp³-hybridized carbons (Fsp3) is 0.588. The summed E-state index contributed by atoms with van der Waals surface area (Å²) in [5.74, 6) is 0.123. The minimum absolute atomic E-state index is 0.123. The number of piperidine rings is 1. The van der Waals surface area contributed by atoms with Crippen molar-refractivity contribution in [1.29, 1.82) is 0 Å². The monoisotopic (exact) mass is 323 g/mol. The fourth-order valence-electron chi connectivity index (χ4n) is 3.32. The molecule has 1 aliphatic rings. The molecule has 1 aliphatic heterocycles. The normalized spacial score (nSPS) is 23.2. The third kappa shape index (κ3) is 3.35. The Kier molecular flexibility index (Phi) is 4.84. The highest BCUT2D eigenvalue weighted by Crippen LogP contribution is 2.27. The molecule has 2 unspecified atom stereocenters. The molecule has 116 valence electrons. The summed E-state index contributed by atoms with van der Waals surface area (Å²) in [4.78, 5) is 15.2. The zero-order chi connectivity index (χ0) is 15.8. The molecular formula is C17H26ClNOSi. The van der Waals surface area contributed by atoms with Gasteiger partial charge in [-0.05, 0) is 44.4 Å². The number of benzene rings is 1. The van der Waals surface area contributed by atoms with Gasteiger partial charge in [0.1, 0.15) is 0 Å². The lowest BCUT2D eigenvalue weighted by atomic mass is 9.96. The Morgan fingerprint density at radius 2 is 1.76 bits per heavy atom. The summed E-state index contributed by atoms with van der Waals surface area (Å²) in [5.41, 5.74) is 0.749. The van der Waals surface area contributed by atoms with E-state index >= 15 is 0 Å². The van der Waals surface area contributed by atoms with E-state index in [1.165, 1.54) is 11.6 Å². The van der Waals surface area contributed by atoms with Crippen LogP contribution in [0.5, 0.6) is 0 Å². The summed E-state index contributed by atoms with van der Waals surface area (Å²) in [6.07, 6.45) is 3.38. The van der Waals surface area contributed by atoms with Crippen LogP contribution < -0.4 is 5.19 Å². The number of carbonyl (C=O) groups excluding carboxylic acids is 1. The van der Waals surface area contributed by atoms with Gasteiger partial charge in [0, 0.05) is 12.1 Å². The van der Waals surface area contributed by atoms with Gasteiger partial charge in [-0.2, -0.15) is 0 Å². The third-order valence-electron chi connectivity index (χ3n) is 4.46. The van der Waals surface area contributed by atoms with Crippen molar-refractivity contribution in [3.8, 4) is 0 Å². The number of likely N-dealkylation sites (tertiary alicyclic amines) is 1. The molecule has 0 aliphatic carbocycles. The number of hydrogen-bond donors (Lipinski definition) is 0. The minimum Gasteiger partial charge on any atom is -0.333 e. The average molecular weight is 324 g/mol. The minimum atomic E-state index is -1.61. The van der Waals surface area contributed by atoms with Gasteiger partial charge in [0.05, 0.1) is 18.7 Å². The first-order valence-corrected chi connectivity index (χ1v) is 11.7. The Morgan fingerprint density at radius 1 is 1.19 bits per heavy atom. The zero-order valence-electron chi connectivity index (χ0n) is 13.7. The summed E-state index contributed by atoms with van der Waals surface area (Å²) in [7, 11) is -1.61. The van der Waals surface area contributed by atoms with Crippen LogP contribution in [-0.4, -0.2) is 31.0 Å². The van der Waals surface area contributed by atoms with Crippen molar-refractivity contribution in [3.63, 3.8) is 0 Å². The number of carbonyl (C=O) groups is 1. The van der Waals surface area contributed by atoms with Gasteiger partial charge in [-0.3, -0.25) is 4.79 Å². The van der Waals surface area contributed by atoms with Crippen LogP contribution >= 0.6 is 11.6 Å². The molecule has 0 spiro atoms. The topological polar surface area (TPSA) is 20.3 Å². The number of rotatable bonds is 2. The van der Waals surface area contributed by atoms with Crippen LogP contribution in [0, 0.1) is 0 Å². The van der Waals surface area contributed by atoms with Crippen LogP contribution in [0.15, 0.2) is 18.2 Å². The Hall–Kier alpha value is -0.803. The van der Waals surface area contributed by atoms with E-state index in [0.29, 0.717) is 17.1 Å². The zero-order valence-corrected chi connectivity index (χ0v) is 15.5. The first-order chi connectivity index (χ1) is 9.73. The van der Waals surface area contributed by atoms with Crippen LogP contribution in [0.25, 0.3) is 0 Å². The second kappa shape index (κ2) is 6.13. The van der Waals surface area contributed by atoms with Gasteiger partial charge < -0.3 is 4.90 Å². The van der Waals surface area contributed by atoms with E-state index in [4.69, 9.17) is 11.6 Å². The lowest BCUT2D eigenvalue weighted by molar-refractivity contribution is 0.0512. The van der Waals surface area contributed by atoms with E-state index < -0.39 is 8.07 Å². The number of amides is 1. The van der Waals surface area contributed by atoms with Gasteiger partial charge in [-0.25, -0.2) is 0 Å². The highest BCUT2D eigenvalue weighted by molar-refractivity contribution is 6.89. The summed E-state index contributed by atoms with van der Waals surface area (Å²) in [6, 6.07) is 6.50. The van der Waals surface area contributed by atoms with Crippen molar-refractivity contribution in [2.75, 3.05) is 0 Å². The molecule has 1 amide bonds. The van der Waals surface area contributed by atoms with Crippen LogP contribution in [0.4, 0.5) is 0 Å². The van der Waals surface area contributed by atoms with Gasteiger partial charge in [0.2, 0.25) is 0 Å². The highest BCUT2D eigenvalue weighted by atomic mass is 35.5. The van der Waals surface area contributed by atoms with Crippen LogP contribution in [-0.2, 0) is 0 Å². The Bertz CT molecular complexity index is 528. The number of halogens is 1. The predicted molar refractivity (Wildman–Crippen MR) is 93.4 cm³/mol. The molecule has 21 heavy (non-hydrogen) atoms. The van der Waals surface area contributed by atoms with E-state index in [2.05, 4.69) is 39.6 Å². The molecule has 4 heteroatoms. The molecule has 0 N–H and O–H groups in total. The average Bonchev–Trinajstić information content (AvgIpc) is 2.36. The van der Waals surface area contributed by atoms with E-state index in [9.17, 15) is 4.79 Å². The van der Waals surface area contributed by atoms with E-state index in [0.717, 1.165) is 18.4 Å². The van der Waals surface area contributed by atoms with Gasteiger partial charge in [-0.15, -0.1) is 0 Å². The van der Waals surface area contributed by atoms with Crippen molar-refractivity contribution in [1.82, 2.24) is 4.90 Å². The lowest BCUT2D eigenvalue weighted by Crippen LogP contribution is -2.51. The van der Waals surface area contributed by atoms with Crippen molar-refractivity contribution >= 4 is 30.8 Å². The SMILES string of the molecule is CC1CCCC(C)N1C(=O)c1c(Cl)cccc1[Si](C)(C)C. The standard InChI is InChI=1S/C17H26ClNOSi/c1-12-8-6-9-13(2)19(12)17(20)16-14(18)10-7-11-15(16)21(3,4)5/h7,10-13H,6,8-9H2,1-5H3. The smallest absolute Gasteiger partial charge is 0.255 e. The molecular weight excluding hydrogens is 298 g/mol. The summed E-state index contributed by atoms with van der Waals surface area (Å²) in [5, 5.41) is 1.77. The van der Waals surface area contributed by atoms with Gasteiger partial charge in [-0.1, -0.05) is 43.4 Å². The van der Waals surface area contributed by atoms with Crippen LogP contribution in [0.1, 0.15) is 43.5 Å². The third-order valence-corrected chi connectivity index (χ3v) is 6.81. The lowest BCUT2D eigenvalue weighted by Gasteiger charge is -2.40. The molecule has 2 atom stereocenters. The second-order valence-corrected chi connectivity index (χ2v) is 12.7. The highest BCUT2D eigenvalue weighted by Gasteiger charge is 2.34. The summed E-state index contributed by atoms with van der Waals surface area (Å²) < 4.78 is 0. The summed E-state index contributed by atoms with van der Waals surface area (Å²) in [6.45, 7) is 11.1. The predicted octanol–water partition coefficient (Wildman–Crippen LogP) is 4.29. The van der Waals surface area contributed by atoms with Crippen LogP contribution in [0.3, 0.4) is 0 Å². The molecule has 0 bridgehead atoms. The molecule has 1 aromatic rings. The molecule has 0 aromatic heterocycles. The molecule has 1 fully saturated rings. The molecule has 1 saturated heterocycles. The molecule has 2 rings (SSSR count). The maximum atomic E-state index is 13.2.